The first-order valence-corrected chi connectivity index (χ1v) is 6.31. The molecular formula is C13H17N3O3. The maximum Gasteiger partial charge on any atom is 0.262 e. The van der Waals surface area contributed by atoms with Crippen molar-refractivity contribution in [2.75, 3.05) is 30.1 Å². The number of ether oxygens (including phenoxy) is 2. The van der Waals surface area contributed by atoms with Gasteiger partial charge in [0.2, 0.25) is 0 Å². The second-order valence-electron chi connectivity index (χ2n) is 4.94. The van der Waals surface area contributed by atoms with Gasteiger partial charge in [0.05, 0.1) is 23.2 Å². The number of nitrogen functional groups attached to an aromatic ring is 1. The van der Waals surface area contributed by atoms with Crippen LogP contribution in [0, 0.1) is 0 Å². The summed E-state index contributed by atoms with van der Waals surface area (Å²) in [5.74, 6) is 0.470. The molecule has 0 bridgehead atoms. The number of nitrogens with one attached hydrogen (secondary N) is 2. The minimum atomic E-state index is -0.147. The zero-order chi connectivity index (χ0) is 13.4. The van der Waals surface area contributed by atoms with Gasteiger partial charge in [-0.1, -0.05) is 0 Å². The molecule has 2 aliphatic rings. The Morgan fingerprint density at radius 3 is 3.00 bits per heavy atom. The molecule has 0 aromatic heterocycles. The Morgan fingerprint density at radius 1 is 1.47 bits per heavy atom. The molecular weight excluding hydrogens is 246 g/mol. The molecule has 4 N–H and O–H groups in total. The molecule has 1 aliphatic heterocycles. The summed E-state index contributed by atoms with van der Waals surface area (Å²) in [6, 6.07) is 3.93. The summed E-state index contributed by atoms with van der Waals surface area (Å²) in [5.41, 5.74) is 8.09. The molecule has 0 atom stereocenters. The molecule has 1 fully saturated rings. The second kappa shape index (κ2) is 4.62. The highest BCUT2D eigenvalue weighted by molar-refractivity contribution is 5.97. The van der Waals surface area contributed by atoms with E-state index in [-0.39, 0.29) is 12.5 Å². The Bertz CT molecular complexity index is 512. The van der Waals surface area contributed by atoms with Crippen molar-refractivity contribution < 1.29 is 14.3 Å². The number of nitrogens with two attached hydrogens (primary N) is 1. The predicted molar refractivity (Wildman–Crippen MR) is 72.4 cm³/mol. The van der Waals surface area contributed by atoms with Crippen molar-refractivity contribution in [1.82, 2.24) is 0 Å². The Balaban J connectivity index is 1.75. The number of hydrogen-bond acceptors (Lipinski definition) is 5. The Morgan fingerprint density at radius 2 is 2.26 bits per heavy atom. The Kier molecular flexibility index (Phi) is 2.94. The zero-order valence-electron chi connectivity index (χ0n) is 10.7. The van der Waals surface area contributed by atoms with Crippen LogP contribution in [0.2, 0.25) is 0 Å². The molecule has 0 spiro atoms. The Labute approximate surface area is 111 Å². The van der Waals surface area contributed by atoms with Gasteiger partial charge in [-0.3, -0.25) is 4.79 Å². The van der Waals surface area contributed by atoms with Crippen molar-refractivity contribution >= 4 is 23.0 Å². The molecule has 6 nitrogen and oxygen atoms in total. The fourth-order valence-corrected chi connectivity index (χ4v) is 2.36. The van der Waals surface area contributed by atoms with Crippen LogP contribution < -0.4 is 21.1 Å². The van der Waals surface area contributed by atoms with Crippen molar-refractivity contribution in [2.24, 2.45) is 0 Å². The lowest BCUT2D eigenvalue weighted by atomic mass is 9.89. The third-order valence-electron chi connectivity index (χ3n) is 3.57. The number of rotatable bonds is 3. The summed E-state index contributed by atoms with van der Waals surface area (Å²) < 4.78 is 10.6. The Hall–Kier alpha value is -1.95. The fraction of sp³-hybridized carbons (Fsp3) is 0.462. The van der Waals surface area contributed by atoms with E-state index in [0.29, 0.717) is 29.3 Å². The van der Waals surface area contributed by atoms with E-state index in [2.05, 4.69) is 10.6 Å². The van der Waals surface area contributed by atoms with Crippen molar-refractivity contribution in [2.45, 2.75) is 25.0 Å². The van der Waals surface area contributed by atoms with Crippen LogP contribution >= 0.6 is 0 Å². The van der Waals surface area contributed by atoms with Crippen LogP contribution in [0.15, 0.2) is 12.1 Å². The molecule has 3 rings (SSSR count). The minimum absolute atomic E-state index is 0.0390. The predicted octanol–water partition coefficient (Wildman–Crippen LogP) is 1.19. The van der Waals surface area contributed by atoms with Crippen LogP contribution in [-0.2, 0) is 9.53 Å². The van der Waals surface area contributed by atoms with Crippen LogP contribution in [-0.4, -0.2) is 31.8 Å². The van der Waals surface area contributed by atoms with Crippen molar-refractivity contribution in [3.05, 3.63) is 12.1 Å². The van der Waals surface area contributed by atoms with E-state index < -0.39 is 0 Å². The number of methoxy groups -OCH3 is 1. The van der Waals surface area contributed by atoms with Gasteiger partial charge < -0.3 is 25.8 Å². The highest BCUT2D eigenvalue weighted by Gasteiger charge is 2.29. The van der Waals surface area contributed by atoms with E-state index in [9.17, 15) is 4.79 Å². The summed E-state index contributed by atoms with van der Waals surface area (Å²) in [7, 11) is 1.72. The molecule has 19 heavy (non-hydrogen) atoms. The summed E-state index contributed by atoms with van der Waals surface area (Å²) in [4.78, 5) is 11.3. The maximum atomic E-state index is 11.3. The number of carbonyl (C=O) groups is 1. The van der Waals surface area contributed by atoms with E-state index in [4.69, 9.17) is 15.2 Å². The lowest BCUT2D eigenvalue weighted by molar-refractivity contribution is -0.118. The number of carbonyl (C=O) groups excluding carboxylic acids is 1. The number of amides is 1. The van der Waals surface area contributed by atoms with E-state index in [1.165, 1.54) is 0 Å². The average Bonchev–Trinajstić information content (AvgIpc) is 2.34. The molecule has 1 aliphatic carbocycles. The lowest BCUT2D eigenvalue weighted by Gasteiger charge is -2.35. The standard InChI is InChI=1S/C13H17N3O3/c1-18-8-2-7(3-8)15-10-5-11-12(4-9(10)14)19-6-13(17)16-11/h4-5,7-8,15H,2-3,6,14H2,1H3,(H,16,17). The van der Waals surface area contributed by atoms with Gasteiger partial charge in [-0.25, -0.2) is 0 Å². The zero-order valence-corrected chi connectivity index (χ0v) is 10.7. The highest BCUT2D eigenvalue weighted by atomic mass is 16.5. The molecule has 102 valence electrons. The van der Waals surface area contributed by atoms with Crippen molar-refractivity contribution in [1.29, 1.82) is 0 Å². The topological polar surface area (TPSA) is 85.6 Å². The quantitative estimate of drug-likeness (QED) is 0.713. The summed E-state index contributed by atoms with van der Waals surface area (Å²) in [6.45, 7) is 0.0390. The number of fused-ring (bicyclic) bond motifs is 1. The van der Waals surface area contributed by atoms with Gasteiger partial charge in [-0.05, 0) is 18.9 Å². The van der Waals surface area contributed by atoms with Gasteiger partial charge in [0.15, 0.2) is 6.61 Å². The molecule has 6 heteroatoms. The SMILES string of the molecule is COC1CC(Nc2cc3c(cc2N)OCC(=O)N3)C1. The van der Waals surface area contributed by atoms with Crippen LogP contribution in [0.5, 0.6) is 5.75 Å². The molecule has 0 radical (unpaired) electrons. The second-order valence-corrected chi connectivity index (χ2v) is 4.94. The largest absolute Gasteiger partial charge is 0.482 e. The minimum Gasteiger partial charge on any atom is -0.482 e. The van der Waals surface area contributed by atoms with E-state index in [1.54, 1.807) is 13.2 Å². The van der Waals surface area contributed by atoms with Crippen molar-refractivity contribution in [3.8, 4) is 5.75 Å². The molecule has 1 aromatic rings. The van der Waals surface area contributed by atoms with Gasteiger partial charge in [-0.2, -0.15) is 0 Å². The van der Waals surface area contributed by atoms with Gasteiger partial charge in [0.1, 0.15) is 5.75 Å². The first-order valence-electron chi connectivity index (χ1n) is 6.31. The fourth-order valence-electron chi connectivity index (χ4n) is 2.36. The van der Waals surface area contributed by atoms with Crippen molar-refractivity contribution in [3.63, 3.8) is 0 Å². The molecule has 1 aromatic carbocycles. The van der Waals surface area contributed by atoms with Gasteiger partial charge >= 0.3 is 0 Å². The highest BCUT2D eigenvalue weighted by Crippen LogP contribution is 2.37. The lowest BCUT2D eigenvalue weighted by Crippen LogP contribution is -2.40. The maximum absolute atomic E-state index is 11.3. The third-order valence-corrected chi connectivity index (χ3v) is 3.57. The first kappa shape index (κ1) is 12.1. The molecule has 1 heterocycles. The van der Waals surface area contributed by atoms with Crippen LogP contribution in [0.4, 0.5) is 17.1 Å². The monoisotopic (exact) mass is 263 g/mol. The number of anilines is 3. The first-order chi connectivity index (χ1) is 9.15. The summed E-state index contributed by atoms with van der Waals surface area (Å²) in [5, 5.41) is 6.14. The number of benzene rings is 1. The molecule has 1 saturated carbocycles. The average molecular weight is 263 g/mol. The van der Waals surface area contributed by atoms with Gasteiger partial charge in [-0.15, -0.1) is 0 Å². The third kappa shape index (κ3) is 2.31. The van der Waals surface area contributed by atoms with E-state index in [0.717, 1.165) is 18.5 Å². The number of hydrogen-bond donors (Lipinski definition) is 3. The van der Waals surface area contributed by atoms with E-state index >= 15 is 0 Å². The van der Waals surface area contributed by atoms with E-state index in [1.807, 2.05) is 6.07 Å². The smallest absolute Gasteiger partial charge is 0.262 e. The van der Waals surface area contributed by atoms with Gasteiger partial charge in [0.25, 0.3) is 5.91 Å². The van der Waals surface area contributed by atoms with Gasteiger partial charge in [0, 0.05) is 19.2 Å². The molecule has 1 amide bonds. The van der Waals surface area contributed by atoms with Crippen LogP contribution in [0.25, 0.3) is 0 Å². The summed E-state index contributed by atoms with van der Waals surface area (Å²) >= 11 is 0. The van der Waals surface area contributed by atoms with Crippen LogP contribution in [0.1, 0.15) is 12.8 Å². The van der Waals surface area contributed by atoms with Crippen LogP contribution in [0.3, 0.4) is 0 Å². The molecule has 0 unspecified atom stereocenters. The summed E-state index contributed by atoms with van der Waals surface area (Å²) in [6.07, 6.45) is 2.27. The molecule has 0 saturated heterocycles. The normalized spacial score (nSPS) is 24.8.